The Hall–Kier alpha value is -2.46. The standard InChI is InChI=1S/C20H18N2OS/c1-2-7-16-14-17(11-10-15(16)6-1)23-12-5-13-24-20-21-18-8-3-4-9-19(18)22-20/h1-4,6-11,14H,5,12-13H2,(H,21,22). The summed E-state index contributed by atoms with van der Waals surface area (Å²) >= 11 is 1.74. The number of fused-ring (bicyclic) bond motifs is 2. The van der Waals surface area contributed by atoms with Crippen LogP contribution < -0.4 is 4.74 Å². The second-order valence-corrected chi connectivity index (χ2v) is 6.70. The van der Waals surface area contributed by atoms with Gasteiger partial charge in [0.1, 0.15) is 5.75 Å². The average Bonchev–Trinajstić information content (AvgIpc) is 3.04. The lowest BCUT2D eigenvalue weighted by Gasteiger charge is -2.07. The molecule has 120 valence electrons. The molecule has 0 spiro atoms. The molecule has 0 saturated heterocycles. The van der Waals surface area contributed by atoms with Crippen LogP contribution in [0.15, 0.2) is 71.9 Å². The molecule has 1 aromatic heterocycles. The summed E-state index contributed by atoms with van der Waals surface area (Å²) in [7, 11) is 0. The molecule has 4 aromatic rings. The molecule has 0 bridgehead atoms. The number of aromatic nitrogens is 2. The molecule has 4 rings (SSSR count). The molecule has 0 atom stereocenters. The van der Waals surface area contributed by atoms with Crippen molar-refractivity contribution in [2.45, 2.75) is 11.6 Å². The van der Waals surface area contributed by atoms with Crippen molar-refractivity contribution in [1.29, 1.82) is 0 Å². The van der Waals surface area contributed by atoms with Crippen LogP contribution in [0.4, 0.5) is 0 Å². The number of benzene rings is 3. The van der Waals surface area contributed by atoms with E-state index in [1.54, 1.807) is 11.8 Å². The molecule has 3 nitrogen and oxygen atoms in total. The van der Waals surface area contributed by atoms with E-state index in [9.17, 15) is 0 Å². The van der Waals surface area contributed by atoms with Crippen molar-refractivity contribution in [1.82, 2.24) is 9.97 Å². The van der Waals surface area contributed by atoms with E-state index in [4.69, 9.17) is 4.74 Å². The first-order valence-corrected chi connectivity index (χ1v) is 9.06. The summed E-state index contributed by atoms with van der Waals surface area (Å²) in [6, 6.07) is 22.7. The summed E-state index contributed by atoms with van der Waals surface area (Å²) in [5.74, 6) is 1.91. The van der Waals surface area contributed by atoms with Crippen LogP contribution in [0.5, 0.6) is 5.75 Å². The Morgan fingerprint density at radius 1 is 0.917 bits per heavy atom. The van der Waals surface area contributed by atoms with Gasteiger partial charge in [0.25, 0.3) is 0 Å². The summed E-state index contributed by atoms with van der Waals surface area (Å²) in [5.41, 5.74) is 2.11. The Kier molecular flexibility index (Phi) is 4.38. The van der Waals surface area contributed by atoms with Gasteiger partial charge in [0.15, 0.2) is 5.16 Å². The van der Waals surface area contributed by atoms with Crippen molar-refractivity contribution in [3.05, 3.63) is 66.7 Å². The predicted octanol–water partition coefficient (Wildman–Crippen LogP) is 5.28. The van der Waals surface area contributed by atoms with Gasteiger partial charge in [0, 0.05) is 5.75 Å². The molecule has 0 unspecified atom stereocenters. The molecule has 1 N–H and O–H groups in total. The topological polar surface area (TPSA) is 37.9 Å². The molecule has 0 radical (unpaired) electrons. The van der Waals surface area contributed by atoms with Crippen molar-refractivity contribution < 1.29 is 4.74 Å². The minimum Gasteiger partial charge on any atom is -0.494 e. The SMILES string of the molecule is c1ccc2cc(OCCCSc3nc4ccccc4[nH]3)ccc2c1. The number of rotatable bonds is 6. The summed E-state index contributed by atoms with van der Waals surface area (Å²) < 4.78 is 5.87. The predicted molar refractivity (Wildman–Crippen MR) is 101 cm³/mol. The molecule has 0 saturated carbocycles. The van der Waals surface area contributed by atoms with Gasteiger partial charge in [0.05, 0.1) is 17.6 Å². The zero-order valence-electron chi connectivity index (χ0n) is 13.2. The van der Waals surface area contributed by atoms with Crippen LogP contribution in [0.25, 0.3) is 21.8 Å². The van der Waals surface area contributed by atoms with Crippen molar-refractivity contribution in [2.75, 3.05) is 12.4 Å². The number of nitrogens with one attached hydrogen (secondary N) is 1. The number of hydrogen-bond acceptors (Lipinski definition) is 3. The molecule has 4 heteroatoms. The highest BCUT2D eigenvalue weighted by atomic mass is 32.2. The molecular formula is C20H18N2OS. The van der Waals surface area contributed by atoms with Crippen LogP contribution in [0.1, 0.15) is 6.42 Å². The second-order valence-electron chi connectivity index (χ2n) is 5.62. The Balaban J connectivity index is 1.27. The number of thioether (sulfide) groups is 1. The molecular weight excluding hydrogens is 316 g/mol. The second kappa shape index (κ2) is 6.97. The lowest BCUT2D eigenvalue weighted by Crippen LogP contribution is -1.98. The van der Waals surface area contributed by atoms with Crippen molar-refractivity contribution >= 4 is 33.6 Å². The molecule has 3 aromatic carbocycles. The van der Waals surface area contributed by atoms with Crippen LogP contribution in [-0.4, -0.2) is 22.3 Å². The maximum atomic E-state index is 5.87. The first kappa shape index (κ1) is 15.1. The van der Waals surface area contributed by atoms with Gasteiger partial charge in [-0.2, -0.15) is 0 Å². The third-order valence-corrected chi connectivity index (χ3v) is 4.84. The van der Waals surface area contributed by atoms with Crippen LogP contribution in [-0.2, 0) is 0 Å². The fourth-order valence-electron chi connectivity index (χ4n) is 2.67. The average molecular weight is 334 g/mol. The number of para-hydroxylation sites is 2. The lowest BCUT2D eigenvalue weighted by atomic mass is 10.1. The zero-order chi connectivity index (χ0) is 16.2. The number of imidazole rings is 1. The van der Waals surface area contributed by atoms with Gasteiger partial charge in [-0.25, -0.2) is 4.98 Å². The van der Waals surface area contributed by atoms with E-state index < -0.39 is 0 Å². The molecule has 0 aliphatic heterocycles. The third-order valence-electron chi connectivity index (χ3n) is 3.88. The number of H-pyrrole nitrogens is 1. The van der Waals surface area contributed by atoms with Gasteiger partial charge in [0.2, 0.25) is 0 Å². The maximum absolute atomic E-state index is 5.87. The van der Waals surface area contributed by atoms with E-state index in [0.29, 0.717) is 6.61 Å². The van der Waals surface area contributed by atoms with Gasteiger partial charge in [-0.15, -0.1) is 0 Å². The van der Waals surface area contributed by atoms with Gasteiger partial charge < -0.3 is 9.72 Å². The summed E-state index contributed by atoms with van der Waals surface area (Å²) in [5, 5.41) is 3.43. The largest absolute Gasteiger partial charge is 0.494 e. The van der Waals surface area contributed by atoms with Crippen LogP contribution in [0.3, 0.4) is 0 Å². The molecule has 0 aliphatic carbocycles. The number of hydrogen-bond donors (Lipinski definition) is 1. The summed E-state index contributed by atoms with van der Waals surface area (Å²) in [6.45, 7) is 0.714. The minimum absolute atomic E-state index is 0.714. The Morgan fingerprint density at radius 3 is 2.67 bits per heavy atom. The number of nitrogens with zero attached hydrogens (tertiary/aromatic N) is 1. The monoisotopic (exact) mass is 334 g/mol. The van der Waals surface area contributed by atoms with Crippen molar-refractivity contribution in [3.63, 3.8) is 0 Å². The highest BCUT2D eigenvalue weighted by Crippen LogP contribution is 2.22. The van der Waals surface area contributed by atoms with E-state index in [1.165, 1.54) is 10.8 Å². The molecule has 0 fully saturated rings. The first-order chi connectivity index (χ1) is 11.9. The lowest BCUT2D eigenvalue weighted by molar-refractivity contribution is 0.319. The van der Waals surface area contributed by atoms with Gasteiger partial charge in [-0.05, 0) is 41.5 Å². The minimum atomic E-state index is 0.714. The fraction of sp³-hybridized carbons (Fsp3) is 0.150. The number of ether oxygens (including phenoxy) is 1. The van der Waals surface area contributed by atoms with Crippen molar-refractivity contribution in [3.8, 4) is 5.75 Å². The molecule has 24 heavy (non-hydrogen) atoms. The third kappa shape index (κ3) is 3.39. The van der Waals surface area contributed by atoms with E-state index in [0.717, 1.165) is 34.1 Å². The Morgan fingerprint density at radius 2 is 1.75 bits per heavy atom. The van der Waals surface area contributed by atoms with E-state index in [2.05, 4.69) is 52.4 Å². The highest BCUT2D eigenvalue weighted by molar-refractivity contribution is 7.99. The zero-order valence-corrected chi connectivity index (χ0v) is 14.1. The number of aromatic amines is 1. The summed E-state index contributed by atoms with van der Waals surface area (Å²) in [4.78, 5) is 7.90. The quantitative estimate of drug-likeness (QED) is 0.385. The Labute approximate surface area is 145 Å². The molecule has 0 aliphatic rings. The van der Waals surface area contributed by atoms with Crippen LogP contribution in [0.2, 0.25) is 0 Å². The Bertz CT molecular complexity index is 931. The normalized spacial score (nSPS) is 11.2. The van der Waals surface area contributed by atoms with Gasteiger partial charge in [-0.3, -0.25) is 0 Å². The first-order valence-electron chi connectivity index (χ1n) is 8.08. The van der Waals surface area contributed by atoms with Gasteiger partial charge in [-0.1, -0.05) is 54.2 Å². The van der Waals surface area contributed by atoms with E-state index in [-0.39, 0.29) is 0 Å². The summed E-state index contributed by atoms with van der Waals surface area (Å²) in [6.07, 6.45) is 0.981. The maximum Gasteiger partial charge on any atom is 0.166 e. The van der Waals surface area contributed by atoms with Crippen LogP contribution >= 0.6 is 11.8 Å². The van der Waals surface area contributed by atoms with Crippen molar-refractivity contribution in [2.24, 2.45) is 0 Å². The van der Waals surface area contributed by atoms with Crippen LogP contribution in [0, 0.1) is 0 Å². The van der Waals surface area contributed by atoms with E-state index >= 15 is 0 Å². The molecule has 0 amide bonds. The smallest absolute Gasteiger partial charge is 0.166 e. The fourth-order valence-corrected chi connectivity index (χ4v) is 3.47. The van der Waals surface area contributed by atoms with Gasteiger partial charge >= 0.3 is 0 Å². The molecule has 1 heterocycles. The highest BCUT2D eigenvalue weighted by Gasteiger charge is 2.02. The van der Waals surface area contributed by atoms with E-state index in [1.807, 2.05) is 24.3 Å².